The Kier molecular flexibility index (Phi) is 4.81. The van der Waals surface area contributed by atoms with Gasteiger partial charge in [-0.25, -0.2) is 4.98 Å². The van der Waals surface area contributed by atoms with E-state index in [-0.39, 0.29) is 12.5 Å². The Morgan fingerprint density at radius 1 is 1.00 bits per heavy atom. The molecule has 1 amide bonds. The van der Waals surface area contributed by atoms with E-state index in [1.807, 2.05) is 80.6 Å². The summed E-state index contributed by atoms with van der Waals surface area (Å²) in [6, 6.07) is 20.9. The van der Waals surface area contributed by atoms with Gasteiger partial charge < -0.3 is 14.5 Å². The molecule has 0 radical (unpaired) electrons. The summed E-state index contributed by atoms with van der Waals surface area (Å²) >= 11 is 0. The van der Waals surface area contributed by atoms with Crippen molar-refractivity contribution in [2.24, 2.45) is 0 Å². The first-order valence-corrected chi connectivity index (χ1v) is 9.04. The van der Waals surface area contributed by atoms with Gasteiger partial charge in [0.05, 0.1) is 0 Å². The number of nitrogens with zero attached hydrogens (tertiary/aromatic N) is 1. The van der Waals surface area contributed by atoms with E-state index in [0.717, 1.165) is 27.8 Å². The van der Waals surface area contributed by atoms with Crippen molar-refractivity contribution in [1.82, 2.24) is 4.98 Å². The lowest BCUT2D eigenvalue weighted by Crippen LogP contribution is -2.20. The van der Waals surface area contributed by atoms with Gasteiger partial charge in [0.25, 0.3) is 5.91 Å². The van der Waals surface area contributed by atoms with Crippen LogP contribution in [0.5, 0.6) is 5.75 Å². The zero-order chi connectivity index (χ0) is 19.5. The number of benzene rings is 3. The number of ether oxygens (including phenoxy) is 1. The average Bonchev–Trinajstić information content (AvgIpc) is 3.11. The average molecular weight is 372 g/mol. The van der Waals surface area contributed by atoms with Gasteiger partial charge in [-0.3, -0.25) is 4.79 Å². The first kappa shape index (κ1) is 17.8. The molecule has 140 valence electrons. The summed E-state index contributed by atoms with van der Waals surface area (Å²) in [4.78, 5) is 16.7. The molecule has 0 aliphatic carbocycles. The summed E-state index contributed by atoms with van der Waals surface area (Å²) in [5, 5.41) is 2.84. The molecule has 0 fully saturated rings. The van der Waals surface area contributed by atoms with E-state index in [2.05, 4.69) is 10.3 Å². The molecule has 1 aromatic heterocycles. The molecule has 0 atom stereocenters. The first-order chi connectivity index (χ1) is 13.6. The first-order valence-electron chi connectivity index (χ1n) is 9.04. The molecule has 1 heterocycles. The van der Waals surface area contributed by atoms with E-state index in [4.69, 9.17) is 9.15 Å². The summed E-state index contributed by atoms with van der Waals surface area (Å²) in [6.45, 7) is 3.96. The van der Waals surface area contributed by atoms with Crippen molar-refractivity contribution < 1.29 is 13.9 Å². The number of carbonyl (C=O) groups is 1. The fourth-order valence-corrected chi connectivity index (χ4v) is 2.87. The molecule has 0 aliphatic heterocycles. The molecule has 5 nitrogen and oxygen atoms in total. The third-order valence-electron chi connectivity index (χ3n) is 4.33. The van der Waals surface area contributed by atoms with Crippen molar-refractivity contribution in [3.63, 3.8) is 0 Å². The molecule has 4 aromatic rings. The molecular weight excluding hydrogens is 352 g/mol. The van der Waals surface area contributed by atoms with E-state index in [1.54, 1.807) is 0 Å². The second-order valence-corrected chi connectivity index (χ2v) is 6.72. The van der Waals surface area contributed by atoms with E-state index in [9.17, 15) is 4.79 Å². The van der Waals surface area contributed by atoms with Crippen molar-refractivity contribution in [2.75, 3.05) is 11.9 Å². The zero-order valence-electron chi connectivity index (χ0n) is 15.7. The number of anilines is 1. The van der Waals surface area contributed by atoms with Gasteiger partial charge >= 0.3 is 0 Å². The molecule has 0 bridgehead atoms. The van der Waals surface area contributed by atoms with Crippen LogP contribution in [0.2, 0.25) is 0 Å². The van der Waals surface area contributed by atoms with Gasteiger partial charge in [0.2, 0.25) is 5.89 Å². The summed E-state index contributed by atoms with van der Waals surface area (Å²) in [6.07, 6.45) is 0. The van der Waals surface area contributed by atoms with Crippen LogP contribution in [0.4, 0.5) is 5.69 Å². The highest BCUT2D eigenvalue weighted by Crippen LogP contribution is 2.26. The maximum atomic E-state index is 12.2. The van der Waals surface area contributed by atoms with Crippen LogP contribution in [-0.2, 0) is 4.79 Å². The summed E-state index contributed by atoms with van der Waals surface area (Å²) in [5.41, 5.74) is 5.28. The lowest BCUT2D eigenvalue weighted by atomic mass is 10.2. The molecule has 1 N–H and O–H groups in total. The van der Waals surface area contributed by atoms with Crippen LogP contribution in [0.3, 0.4) is 0 Å². The molecule has 28 heavy (non-hydrogen) atoms. The highest BCUT2D eigenvalue weighted by molar-refractivity contribution is 5.92. The van der Waals surface area contributed by atoms with Crippen molar-refractivity contribution in [3.05, 3.63) is 77.9 Å². The number of fused-ring (bicyclic) bond motifs is 1. The monoisotopic (exact) mass is 372 g/mol. The standard InChI is InChI=1S/C23H20N2O3/c1-15-6-9-19(10-7-15)27-14-22(26)24-18-5-3-4-17(13-18)23-25-20-12-16(2)8-11-21(20)28-23/h3-13H,14H2,1-2H3,(H,24,26). The van der Waals surface area contributed by atoms with Gasteiger partial charge in [-0.1, -0.05) is 29.8 Å². The maximum Gasteiger partial charge on any atom is 0.262 e. The van der Waals surface area contributed by atoms with E-state index < -0.39 is 0 Å². The van der Waals surface area contributed by atoms with Crippen LogP contribution in [0.1, 0.15) is 11.1 Å². The van der Waals surface area contributed by atoms with Crippen molar-refractivity contribution >= 4 is 22.7 Å². The molecule has 0 saturated heterocycles. The van der Waals surface area contributed by atoms with Crippen LogP contribution in [0, 0.1) is 13.8 Å². The zero-order valence-corrected chi connectivity index (χ0v) is 15.7. The Balaban J connectivity index is 1.45. The molecular formula is C23H20N2O3. The second-order valence-electron chi connectivity index (χ2n) is 6.72. The van der Waals surface area contributed by atoms with Gasteiger partial charge in [0.15, 0.2) is 12.2 Å². The number of nitrogens with one attached hydrogen (secondary N) is 1. The van der Waals surface area contributed by atoms with Crippen LogP contribution in [0.25, 0.3) is 22.6 Å². The van der Waals surface area contributed by atoms with Crippen molar-refractivity contribution in [1.29, 1.82) is 0 Å². The summed E-state index contributed by atoms with van der Waals surface area (Å²) < 4.78 is 11.4. The van der Waals surface area contributed by atoms with E-state index in [1.165, 1.54) is 0 Å². The Hall–Kier alpha value is -3.60. The largest absolute Gasteiger partial charge is 0.484 e. The van der Waals surface area contributed by atoms with Crippen molar-refractivity contribution in [2.45, 2.75) is 13.8 Å². The third kappa shape index (κ3) is 4.04. The van der Waals surface area contributed by atoms with E-state index >= 15 is 0 Å². The Labute approximate surface area is 163 Å². The Morgan fingerprint density at radius 3 is 2.61 bits per heavy atom. The molecule has 0 unspecified atom stereocenters. The molecule has 0 saturated carbocycles. The molecule has 5 heteroatoms. The van der Waals surface area contributed by atoms with Crippen LogP contribution in [-0.4, -0.2) is 17.5 Å². The highest BCUT2D eigenvalue weighted by atomic mass is 16.5. The lowest BCUT2D eigenvalue weighted by Gasteiger charge is -2.08. The normalized spacial score (nSPS) is 10.8. The second kappa shape index (κ2) is 7.56. The molecule has 4 rings (SSSR count). The fraction of sp³-hybridized carbons (Fsp3) is 0.130. The van der Waals surface area contributed by atoms with E-state index in [0.29, 0.717) is 17.3 Å². The van der Waals surface area contributed by atoms with Gasteiger partial charge in [-0.2, -0.15) is 0 Å². The number of amides is 1. The predicted molar refractivity (Wildman–Crippen MR) is 109 cm³/mol. The predicted octanol–water partition coefficient (Wildman–Crippen LogP) is 5.13. The summed E-state index contributed by atoms with van der Waals surface area (Å²) in [5.74, 6) is 0.954. The Bertz CT molecular complexity index is 1130. The van der Waals surface area contributed by atoms with Gasteiger partial charge in [0.1, 0.15) is 11.3 Å². The SMILES string of the molecule is Cc1ccc(OCC(=O)Nc2cccc(-c3nc4cc(C)ccc4o3)c2)cc1. The van der Waals surface area contributed by atoms with Gasteiger partial charge in [0, 0.05) is 11.3 Å². The number of oxazole rings is 1. The third-order valence-corrected chi connectivity index (χ3v) is 4.33. The van der Waals surface area contributed by atoms with Crippen LogP contribution in [0.15, 0.2) is 71.1 Å². The summed E-state index contributed by atoms with van der Waals surface area (Å²) in [7, 11) is 0. The number of carbonyl (C=O) groups excluding carboxylic acids is 1. The molecule has 3 aromatic carbocycles. The minimum Gasteiger partial charge on any atom is -0.484 e. The highest BCUT2D eigenvalue weighted by Gasteiger charge is 2.10. The topological polar surface area (TPSA) is 64.4 Å². The fourth-order valence-electron chi connectivity index (χ4n) is 2.87. The molecule has 0 aliphatic rings. The van der Waals surface area contributed by atoms with Gasteiger partial charge in [-0.05, 0) is 61.9 Å². The smallest absolute Gasteiger partial charge is 0.262 e. The minimum absolute atomic E-state index is 0.0601. The lowest BCUT2D eigenvalue weighted by molar-refractivity contribution is -0.118. The minimum atomic E-state index is -0.231. The van der Waals surface area contributed by atoms with Crippen LogP contribution >= 0.6 is 0 Å². The number of hydrogen-bond donors (Lipinski definition) is 1. The number of hydrogen-bond acceptors (Lipinski definition) is 4. The Morgan fingerprint density at radius 2 is 1.79 bits per heavy atom. The van der Waals surface area contributed by atoms with Crippen molar-refractivity contribution in [3.8, 4) is 17.2 Å². The number of aryl methyl sites for hydroxylation is 2. The molecule has 0 spiro atoms. The van der Waals surface area contributed by atoms with Gasteiger partial charge in [-0.15, -0.1) is 0 Å². The quantitative estimate of drug-likeness (QED) is 0.527. The maximum absolute atomic E-state index is 12.2. The number of aromatic nitrogens is 1. The number of rotatable bonds is 5. The van der Waals surface area contributed by atoms with Crippen LogP contribution < -0.4 is 10.1 Å².